The first kappa shape index (κ1) is 20.8. The van der Waals surface area contributed by atoms with Crippen LogP contribution in [0.2, 0.25) is 0 Å². The van der Waals surface area contributed by atoms with Crippen molar-refractivity contribution in [3.8, 4) is 22.6 Å². The second-order valence-electron chi connectivity index (χ2n) is 8.91. The number of nitrogens with zero attached hydrogens (tertiary/aromatic N) is 3. The molecule has 1 aliphatic heterocycles. The van der Waals surface area contributed by atoms with Crippen molar-refractivity contribution in [2.45, 2.75) is 26.7 Å². The van der Waals surface area contributed by atoms with Gasteiger partial charge in [0.15, 0.2) is 11.6 Å². The molecular weight excluding hydrogens is 474 g/mol. The summed E-state index contributed by atoms with van der Waals surface area (Å²) in [4.78, 5) is 25.8. The smallest absolute Gasteiger partial charge is 0.173 e. The molecule has 3 aromatic rings. The van der Waals surface area contributed by atoms with Gasteiger partial charge in [0.05, 0.1) is 23.8 Å². The number of ketones is 1. The quantitative estimate of drug-likeness (QED) is 0.469. The summed E-state index contributed by atoms with van der Waals surface area (Å²) >= 11 is 5.17. The van der Waals surface area contributed by atoms with Gasteiger partial charge >= 0.3 is 0 Å². The average molecular weight is 498 g/mol. The molecule has 7 heteroatoms. The van der Waals surface area contributed by atoms with E-state index in [2.05, 4.69) is 39.7 Å². The Morgan fingerprint density at radius 3 is 2.74 bits per heavy atom. The molecule has 1 aliphatic carbocycles. The normalized spacial score (nSPS) is 18.2. The van der Waals surface area contributed by atoms with Gasteiger partial charge in [-0.2, -0.15) is 0 Å². The molecule has 0 spiro atoms. The molecule has 1 saturated heterocycles. The minimum atomic E-state index is -0.0532. The third-order valence-corrected chi connectivity index (χ3v) is 7.66. The van der Waals surface area contributed by atoms with E-state index in [1.54, 1.807) is 11.3 Å². The molecule has 0 atom stereocenters. The highest BCUT2D eigenvalue weighted by molar-refractivity contribution is 9.10. The maximum Gasteiger partial charge on any atom is 0.173 e. The summed E-state index contributed by atoms with van der Waals surface area (Å²) in [6, 6.07) is 10.00. The Bertz CT molecular complexity index is 1150. The molecule has 0 amide bonds. The molecule has 3 heterocycles. The second kappa shape index (κ2) is 8.11. The predicted octanol–water partition coefficient (Wildman–Crippen LogP) is 5.63. The van der Waals surface area contributed by atoms with E-state index < -0.39 is 0 Å². The van der Waals surface area contributed by atoms with E-state index in [1.807, 2.05) is 36.5 Å². The third kappa shape index (κ3) is 4.06. The zero-order chi connectivity index (χ0) is 21.6. The van der Waals surface area contributed by atoms with Gasteiger partial charge in [0.25, 0.3) is 0 Å². The molecule has 5 rings (SSSR count). The lowest BCUT2D eigenvalue weighted by Gasteiger charge is -2.30. The summed E-state index contributed by atoms with van der Waals surface area (Å²) in [6.45, 7) is 7.41. The maximum absolute atomic E-state index is 13.0. The number of rotatable bonds is 3. The molecule has 0 N–H and O–H groups in total. The van der Waals surface area contributed by atoms with E-state index in [-0.39, 0.29) is 11.2 Å². The number of Topliss-reactive ketones (excluding diaryl/α,β-unsaturated/α-hetero) is 1. The SMILES string of the molecule is CC1(C)CC(=O)c2sc(N3CCOCC3)c(-c3ccnc(-c4cccc(Br)c4)n3)c2C1. The van der Waals surface area contributed by atoms with Gasteiger partial charge in [0.1, 0.15) is 5.00 Å². The zero-order valence-corrected chi connectivity index (χ0v) is 20.1. The molecule has 2 aliphatic rings. The summed E-state index contributed by atoms with van der Waals surface area (Å²) in [7, 11) is 0. The lowest BCUT2D eigenvalue weighted by Crippen LogP contribution is -2.36. The van der Waals surface area contributed by atoms with E-state index in [9.17, 15) is 4.79 Å². The lowest BCUT2D eigenvalue weighted by atomic mass is 9.75. The number of carbonyl (C=O) groups excluding carboxylic acids is 1. The van der Waals surface area contributed by atoms with Gasteiger partial charge in [-0.05, 0) is 35.6 Å². The number of hydrogen-bond donors (Lipinski definition) is 0. The number of anilines is 1. The Morgan fingerprint density at radius 2 is 1.97 bits per heavy atom. The highest BCUT2D eigenvalue weighted by atomic mass is 79.9. The molecule has 0 radical (unpaired) electrons. The van der Waals surface area contributed by atoms with Gasteiger partial charge in [-0.25, -0.2) is 9.97 Å². The van der Waals surface area contributed by atoms with Gasteiger partial charge in [0, 0.05) is 41.3 Å². The van der Waals surface area contributed by atoms with Crippen LogP contribution in [0.15, 0.2) is 41.0 Å². The Labute approximate surface area is 194 Å². The average Bonchev–Trinajstić information content (AvgIpc) is 3.13. The number of morpholine rings is 1. The predicted molar refractivity (Wildman–Crippen MR) is 128 cm³/mol. The number of carbonyl (C=O) groups is 1. The Balaban J connectivity index is 1.68. The van der Waals surface area contributed by atoms with Crippen LogP contribution in [0.5, 0.6) is 0 Å². The molecule has 5 nitrogen and oxygen atoms in total. The third-order valence-electron chi connectivity index (χ3n) is 5.83. The first-order valence-electron chi connectivity index (χ1n) is 10.5. The summed E-state index contributed by atoms with van der Waals surface area (Å²) in [5.41, 5.74) is 4.04. The van der Waals surface area contributed by atoms with Crippen LogP contribution in [0, 0.1) is 5.41 Å². The van der Waals surface area contributed by atoms with Gasteiger partial charge in [-0.1, -0.05) is 41.9 Å². The van der Waals surface area contributed by atoms with Crippen molar-refractivity contribution < 1.29 is 9.53 Å². The molecular formula is C24H24BrN3O2S. The monoisotopic (exact) mass is 497 g/mol. The van der Waals surface area contributed by atoms with Crippen LogP contribution in [0.3, 0.4) is 0 Å². The first-order chi connectivity index (χ1) is 14.9. The van der Waals surface area contributed by atoms with Gasteiger partial charge in [-0.15, -0.1) is 11.3 Å². The van der Waals surface area contributed by atoms with Crippen molar-refractivity contribution in [2.24, 2.45) is 5.41 Å². The highest BCUT2D eigenvalue weighted by Crippen LogP contribution is 2.49. The van der Waals surface area contributed by atoms with Crippen LogP contribution in [-0.2, 0) is 11.2 Å². The van der Waals surface area contributed by atoms with Crippen molar-refractivity contribution in [2.75, 3.05) is 31.2 Å². The standard InChI is InChI=1S/C24H24BrN3O2S/c1-24(2)13-17-20(18-6-7-26-22(27-18)15-4-3-5-16(25)12-15)23(28-8-10-30-11-9-28)31-21(17)19(29)14-24/h3-7,12H,8-11,13-14H2,1-2H3. The van der Waals surface area contributed by atoms with E-state index >= 15 is 0 Å². The number of benzene rings is 1. The fourth-order valence-electron chi connectivity index (χ4n) is 4.42. The molecule has 31 heavy (non-hydrogen) atoms. The van der Waals surface area contributed by atoms with E-state index in [1.165, 1.54) is 0 Å². The van der Waals surface area contributed by atoms with Crippen LogP contribution < -0.4 is 4.90 Å². The van der Waals surface area contributed by atoms with Gasteiger partial charge < -0.3 is 9.64 Å². The van der Waals surface area contributed by atoms with Crippen LogP contribution in [0.1, 0.15) is 35.5 Å². The minimum Gasteiger partial charge on any atom is -0.378 e. The van der Waals surface area contributed by atoms with Crippen molar-refractivity contribution in [1.29, 1.82) is 0 Å². The first-order valence-corrected chi connectivity index (χ1v) is 12.1. The molecule has 0 saturated carbocycles. The van der Waals surface area contributed by atoms with Crippen LogP contribution in [0.25, 0.3) is 22.6 Å². The number of hydrogen-bond acceptors (Lipinski definition) is 6. The summed E-state index contributed by atoms with van der Waals surface area (Å²) < 4.78 is 6.57. The largest absolute Gasteiger partial charge is 0.378 e. The van der Waals surface area contributed by atoms with E-state index in [0.29, 0.717) is 25.5 Å². The molecule has 0 unspecified atom stereocenters. The summed E-state index contributed by atoms with van der Waals surface area (Å²) in [5.74, 6) is 0.936. The van der Waals surface area contributed by atoms with Crippen molar-refractivity contribution in [3.63, 3.8) is 0 Å². The number of fused-ring (bicyclic) bond motifs is 1. The van der Waals surface area contributed by atoms with E-state index in [4.69, 9.17) is 9.72 Å². The molecule has 2 aromatic heterocycles. The Morgan fingerprint density at radius 1 is 1.16 bits per heavy atom. The van der Waals surface area contributed by atoms with Crippen molar-refractivity contribution in [1.82, 2.24) is 9.97 Å². The van der Waals surface area contributed by atoms with Crippen molar-refractivity contribution >= 4 is 38.1 Å². The molecule has 0 bridgehead atoms. The lowest BCUT2D eigenvalue weighted by molar-refractivity contribution is 0.0918. The zero-order valence-electron chi connectivity index (χ0n) is 17.7. The van der Waals surface area contributed by atoms with Gasteiger partial charge in [-0.3, -0.25) is 4.79 Å². The maximum atomic E-state index is 13.0. The van der Waals surface area contributed by atoms with Crippen LogP contribution in [0.4, 0.5) is 5.00 Å². The Hall–Kier alpha value is -2.09. The van der Waals surface area contributed by atoms with E-state index in [0.717, 1.165) is 56.2 Å². The molecule has 1 aromatic carbocycles. The number of halogens is 1. The van der Waals surface area contributed by atoms with Crippen molar-refractivity contribution in [3.05, 3.63) is 51.4 Å². The molecule has 1 fully saturated rings. The Kier molecular flexibility index (Phi) is 5.44. The summed E-state index contributed by atoms with van der Waals surface area (Å²) in [6.07, 6.45) is 3.29. The number of aromatic nitrogens is 2. The summed E-state index contributed by atoms with van der Waals surface area (Å²) in [5, 5.41) is 1.14. The number of thiophene rings is 1. The minimum absolute atomic E-state index is 0.0532. The van der Waals surface area contributed by atoms with Crippen LogP contribution in [-0.4, -0.2) is 42.1 Å². The number of ether oxygens (including phenoxy) is 1. The fourth-order valence-corrected chi connectivity index (χ4v) is 6.14. The van der Waals surface area contributed by atoms with Gasteiger partial charge in [0.2, 0.25) is 0 Å². The topological polar surface area (TPSA) is 55.3 Å². The highest BCUT2D eigenvalue weighted by Gasteiger charge is 2.37. The fraction of sp³-hybridized carbons (Fsp3) is 0.375. The molecule has 160 valence electrons. The van der Waals surface area contributed by atoms with Crippen LogP contribution >= 0.6 is 27.3 Å². The second-order valence-corrected chi connectivity index (χ2v) is 10.8.